The fraction of sp³-hybridized carbons (Fsp3) is 0.133. The van der Waals surface area contributed by atoms with Crippen LogP contribution in [0.3, 0.4) is 0 Å². The molecule has 0 aliphatic carbocycles. The molecule has 0 unspecified atom stereocenters. The van der Waals surface area contributed by atoms with Gasteiger partial charge in [-0.25, -0.2) is 4.98 Å². The number of benzene rings is 1. The number of amides is 1. The highest BCUT2D eigenvalue weighted by molar-refractivity contribution is 5.91. The number of nitrogens with zero attached hydrogens (tertiary/aromatic N) is 1. The number of nitrogens with one attached hydrogen (secondary N) is 1. The van der Waals surface area contributed by atoms with E-state index >= 15 is 0 Å². The molecule has 0 fully saturated rings. The van der Waals surface area contributed by atoms with Crippen molar-refractivity contribution in [3.05, 3.63) is 53.7 Å². The summed E-state index contributed by atoms with van der Waals surface area (Å²) in [5, 5.41) is 2.61. The van der Waals surface area contributed by atoms with E-state index < -0.39 is 0 Å². The van der Waals surface area contributed by atoms with Crippen molar-refractivity contribution in [1.82, 2.24) is 4.98 Å². The molecule has 0 radical (unpaired) electrons. The summed E-state index contributed by atoms with van der Waals surface area (Å²) in [4.78, 5) is 26.6. The Hall–Kier alpha value is -2.69. The molecule has 5 nitrogen and oxygen atoms in total. The van der Waals surface area contributed by atoms with E-state index in [1.165, 1.54) is 0 Å². The first kappa shape index (κ1) is 13.7. The molecular formula is C15H14N2O3. The van der Waals surface area contributed by atoms with Crippen molar-refractivity contribution in [2.45, 2.75) is 6.92 Å². The largest absolute Gasteiger partial charge is 0.483 e. The number of hydrogen-bond acceptors (Lipinski definition) is 4. The lowest BCUT2D eigenvalue weighted by Gasteiger charge is -2.08. The number of para-hydroxylation sites is 1. The maximum atomic E-state index is 11.7. The zero-order valence-corrected chi connectivity index (χ0v) is 11.0. The van der Waals surface area contributed by atoms with E-state index in [1.54, 1.807) is 36.5 Å². The fourth-order valence-corrected chi connectivity index (χ4v) is 1.57. The minimum absolute atomic E-state index is 0.180. The Morgan fingerprint density at radius 3 is 2.80 bits per heavy atom. The van der Waals surface area contributed by atoms with Gasteiger partial charge in [0.25, 0.3) is 5.91 Å². The second kappa shape index (κ2) is 6.47. The molecule has 0 atom stereocenters. The quantitative estimate of drug-likeness (QED) is 0.846. The molecule has 0 aliphatic heterocycles. The lowest BCUT2D eigenvalue weighted by atomic mass is 10.2. The molecule has 1 amide bonds. The van der Waals surface area contributed by atoms with E-state index in [4.69, 9.17) is 4.74 Å². The zero-order chi connectivity index (χ0) is 14.4. The molecule has 0 spiro atoms. The van der Waals surface area contributed by atoms with Crippen LogP contribution in [0.15, 0.2) is 42.6 Å². The van der Waals surface area contributed by atoms with Crippen molar-refractivity contribution in [3.63, 3.8) is 0 Å². The van der Waals surface area contributed by atoms with Crippen molar-refractivity contribution < 1.29 is 14.3 Å². The predicted octanol–water partition coefficient (Wildman–Crippen LogP) is 2.22. The minimum atomic E-state index is -0.331. The van der Waals surface area contributed by atoms with Crippen molar-refractivity contribution in [1.29, 1.82) is 0 Å². The third-order valence-electron chi connectivity index (χ3n) is 2.58. The average molecular weight is 270 g/mol. The Labute approximate surface area is 116 Å². The van der Waals surface area contributed by atoms with E-state index in [1.807, 2.05) is 13.0 Å². The molecule has 2 rings (SSSR count). The number of aldehydes is 1. The normalized spacial score (nSPS) is 9.85. The molecule has 0 saturated heterocycles. The lowest BCUT2D eigenvalue weighted by Crippen LogP contribution is -2.21. The minimum Gasteiger partial charge on any atom is -0.483 e. The van der Waals surface area contributed by atoms with Crippen LogP contribution in [0.5, 0.6) is 5.75 Å². The molecule has 5 heteroatoms. The van der Waals surface area contributed by atoms with Crippen LogP contribution in [0.25, 0.3) is 0 Å². The maximum Gasteiger partial charge on any atom is 0.263 e. The van der Waals surface area contributed by atoms with Crippen LogP contribution in [0, 0.1) is 6.92 Å². The Bertz CT molecular complexity index is 609. The summed E-state index contributed by atoms with van der Waals surface area (Å²) >= 11 is 0. The summed E-state index contributed by atoms with van der Waals surface area (Å²) in [5.41, 5.74) is 1.42. The second-order valence-corrected chi connectivity index (χ2v) is 4.21. The standard InChI is InChI=1S/C15H14N2O3/c1-11-6-7-14(16-8-11)17-15(19)10-20-13-5-3-2-4-12(13)9-18/h2-9H,10H2,1H3,(H,16,17,19). The smallest absolute Gasteiger partial charge is 0.263 e. The predicted molar refractivity (Wildman–Crippen MR) is 74.9 cm³/mol. The zero-order valence-electron chi connectivity index (χ0n) is 11.0. The third-order valence-corrected chi connectivity index (χ3v) is 2.58. The highest BCUT2D eigenvalue weighted by Crippen LogP contribution is 2.15. The van der Waals surface area contributed by atoms with Gasteiger partial charge >= 0.3 is 0 Å². The van der Waals surface area contributed by atoms with E-state index in [2.05, 4.69) is 10.3 Å². The molecule has 0 aliphatic rings. The van der Waals surface area contributed by atoms with Crippen LogP contribution in [0.4, 0.5) is 5.82 Å². The highest BCUT2D eigenvalue weighted by Gasteiger charge is 2.06. The summed E-state index contributed by atoms with van der Waals surface area (Å²) in [6, 6.07) is 10.3. The van der Waals surface area contributed by atoms with Gasteiger partial charge in [-0.15, -0.1) is 0 Å². The van der Waals surface area contributed by atoms with Crippen LogP contribution in [0.2, 0.25) is 0 Å². The molecule has 102 valence electrons. The summed E-state index contributed by atoms with van der Waals surface area (Å²) in [5.74, 6) is 0.518. The Morgan fingerprint density at radius 2 is 2.10 bits per heavy atom. The van der Waals surface area contributed by atoms with Crippen molar-refractivity contribution in [3.8, 4) is 5.75 Å². The number of aryl methyl sites for hydroxylation is 1. The number of pyridine rings is 1. The first-order chi connectivity index (χ1) is 9.69. The Morgan fingerprint density at radius 1 is 1.30 bits per heavy atom. The topological polar surface area (TPSA) is 68.3 Å². The van der Waals surface area contributed by atoms with Crippen LogP contribution < -0.4 is 10.1 Å². The molecule has 20 heavy (non-hydrogen) atoms. The first-order valence-electron chi connectivity index (χ1n) is 6.08. The maximum absolute atomic E-state index is 11.7. The van der Waals surface area contributed by atoms with Crippen molar-refractivity contribution >= 4 is 18.0 Å². The van der Waals surface area contributed by atoms with Gasteiger partial charge in [0, 0.05) is 6.20 Å². The van der Waals surface area contributed by atoms with Crippen molar-refractivity contribution in [2.75, 3.05) is 11.9 Å². The van der Waals surface area contributed by atoms with Gasteiger partial charge in [-0.05, 0) is 30.7 Å². The Balaban J connectivity index is 1.92. The fourth-order valence-electron chi connectivity index (χ4n) is 1.57. The highest BCUT2D eigenvalue weighted by atomic mass is 16.5. The van der Waals surface area contributed by atoms with Crippen LogP contribution in [-0.4, -0.2) is 23.8 Å². The molecule has 1 heterocycles. The number of ether oxygens (including phenoxy) is 1. The number of carbonyl (C=O) groups excluding carboxylic acids is 2. The van der Waals surface area contributed by atoms with E-state index in [0.717, 1.165) is 5.56 Å². The van der Waals surface area contributed by atoms with Gasteiger partial charge in [0.15, 0.2) is 12.9 Å². The number of carbonyl (C=O) groups is 2. The van der Waals surface area contributed by atoms with Gasteiger partial charge in [-0.1, -0.05) is 18.2 Å². The summed E-state index contributed by atoms with van der Waals surface area (Å²) in [6.07, 6.45) is 2.35. The van der Waals surface area contributed by atoms with Gasteiger partial charge < -0.3 is 10.1 Å². The Kier molecular flexibility index (Phi) is 4.44. The van der Waals surface area contributed by atoms with Crippen LogP contribution >= 0.6 is 0 Å². The van der Waals surface area contributed by atoms with Crippen molar-refractivity contribution in [2.24, 2.45) is 0 Å². The number of anilines is 1. The molecular weight excluding hydrogens is 256 g/mol. The number of hydrogen-bond donors (Lipinski definition) is 1. The van der Waals surface area contributed by atoms with Crippen LogP contribution in [0.1, 0.15) is 15.9 Å². The third kappa shape index (κ3) is 3.65. The molecule has 1 aromatic carbocycles. The average Bonchev–Trinajstić information content (AvgIpc) is 2.48. The van der Waals surface area contributed by atoms with Gasteiger partial charge in [0.05, 0.1) is 5.56 Å². The van der Waals surface area contributed by atoms with Gasteiger partial charge in [0.2, 0.25) is 0 Å². The first-order valence-corrected chi connectivity index (χ1v) is 6.08. The molecule has 1 N–H and O–H groups in total. The van der Waals surface area contributed by atoms with Gasteiger partial charge in [-0.3, -0.25) is 9.59 Å². The SMILES string of the molecule is Cc1ccc(NC(=O)COc2ccccc2C=O)nc1. The summed E-state index contributed by atoms with van der Waals surface area (Å²) in [6.45, 7) is 1.73. The second-order valence-electron chi connectivity index (χ2n) is 4.21. The van der Waals surface area contributed by atoms with Gasteiger partial charge in [0.1, 0.15) is 11.6 Å². The molecule has 1 aromatic heterocycles. The lowest BCUT2D eigenvalue weighted by molar-refractivity contribution is -0.118. The summed E-state index contributed by atoms with van der Waals surface area (Å²) in [7, 11) is 0. The van der Waals surface area contributed by atoms with Gasteiger partial charge in [-0.2, -0.15) is 0 Å². The number of rotatable bonds is 5. The van der Waals surface area contributed by atoms with E-state index in [-0.39, 0.29) is 12.5 Å². The van der Waals surface area contributed by atoms with E-state index in [9.17, 15) is 9.59 Å². The molecule has 2 aromatic rings. The van der Waals surface area contributed by atoms with Crippen LogP contribution in [-0.2, 0) is 4.79 Å². The monoisotopic (exact) mass is 270 g/mol. The number of aromatic nitrogens is 1. The molecule has 0 saturated carbocycles. The molecule has 0 bridgehead atoms. The summed E-state index contributed by atoms with van der Waals surface area (Å²) < 4.78 is 5.31. The van der Waals surface area contributed by atoms with E-state index in [0.29, 0.717) is 23.4 Å².